The zero-order valence-electron chi connectivity index (χ0n) is 11.6. The largest absolute Gasteiger partial charge is 0.381 e. The van der Waals surface area contributed by atoms with Crippen LogP contribution >= 0.6 is 0 Å². The summed E-state index contributed by atoms with van der Waals surface area (Å²) in [7, 11) is 2.15. The topological polar surface area (TPSA) is 50.3 Å². The van der Waals surface area contributed by atoms with Gasteiger partial charge in [-0.05, 0) is 18.8 Å². The number of hydrogen-bond donors (Lipinski definition) is 1. The molecule has 0 saturated carbocycles. The molecular weight excluding hydrogens is 240 g/mol. The van der Waals surface area contributed by atoms with E-state index in [1.807, 2.05) is 0 Å². The quantitative estimate of drug-likeness (QED) is 0.880. The van der Waals surface area contributed by atoms with Crippen molar-refractivity contribution < 1.29 is 4.74 Å². The van der Waals surface area contributed by atoms with Crippen molar-refractivity contribution in [3.63, 3.8) is 0 Å². The highest BCUT2D eigenvalue weighted by atomic mass is 16.5. The Kier molecular flexibility index (Phi) is 3.94. The minimum Gasteiger partial charge on any atom is -0.381 e. The van der Waals surface area contributed by atoms with Crippen LogP contribution in [0.2, 0.25) is 0 Å². The molecule has 1 fully saturated rings. The molecule has 1 aromatic heterocycles. The Labute approximate surface area is 114 Å². The van der Waals surface area contributed by atoms with E-state index < -0.39 is 0 Å². The molecule has 104 valence electrons. The molecule has 0 radical (unpaired) electrons. The molecule has 3 rings (SSSR count). The van der Waals surface area contributed by atoms with Gasteiger partial charge in [-0.2, -0.15) is 0 Å². The van der Waals surface area contributed by atoms with Crippen LogP contribution in [0.1, 0.15) is 24.1 Å². The maximum atomic E-state index is 5.42. The molecule has 19 heavy (non-hydrogen) atoms. The van der Waals surface area contributed by atoms with Gasteiger partial charge in [-0.3, -0.25) is 0 Å². The second-order valence-electron chi connectivity index (χ2n) is 5.49. The van der Waals surface area contributed by atoms with E-state index in [0.717, 1.165) is 63.8 Å². The summed E-state index contributed by atoms with van der Waals surface area (Å²) in [6.07, 6.45) is 5.04. The Balaban J connectivity index is 1.73. The van der Waals surface area contributed by atoms with E-state index in [1.165, 1.54) is 11.3 Å². The monoisotopic (exact) mass is 262 g/mol. The van der Waals surface area contributed by atoms with Gasteiger partial charge in [0.15, 0.2) is 0 Å². The first-order valence-corrected chi connectivity index (χ1v) is 7.17. The van der Waals surface area contributed by atoms with E-state index in [1.54, 1.807) is 6.33 Å². The minimum absolute atomic E-state index is 0.723. The molecule has 1 N–H and O–H groups in total. The molecule has 0 aliphatic carbocycles. The zero-order valence-corrected chi connectivity index (χ0v) is 11.6. The lowest BCUT2D eigenvalue weighted by molar-refractivity contribution is 0.0685. The number of hydrogen-bond acceptors (Lipinski definition) is 5. The van der Waals surface area contributed by atoms with E-state index in [4.69, 9.17) is 4.74 Å². The third-order valence-electron chi connectivity index (χ3n) is 4.09. The van der Waals surface area contributed by atoms with Crippen molar-refractivity contribution in [3.8, 4) is 0 Å². The summed E-state index contributed by atoms with van der Waals surface area (Å²) < 4.78 is 5.42. The van der Waals surface area contributed by atoms with Gasteiger partial charge in [-0.1, -0.05) is 0 Å². The molecule has 0 spiro atoms. The van der Waals surface area contributed by atoms with Gasteiger partial charge >= 0.3 is 0 Å². The van der Waals surface area contributed by atoms with Gasteiger partial charge in [0.2, 0.25) is 0 Å². The molecule has 0 amide bonds. The van der Waals surface area contributed by atoms with Crippen molar-refractivity contribution in [2.24, 2.45) is 5.92 Å². The third kappa shape index (κ3) is 2.87. The molecule has 5 heteroatoms. The summed E-state index contributed by atoms with van der Waals surface area (Å²) in [6, 6.07) is 0. The van der Waals surface area contributed by atoms with Crippen molar-refractivity contribution >= 4 is 5.82 Å². The molecule has 0 bridgehead atoms. The Morgan fingerprint density at radius 1 is 1.37 bits per heavy atom. The van der Waals surface area contributed by atoms with E-state index in [-0.39, 0.29) is 0 Å². The van der Waals surface area contributed by atoms with Gasteiger partial charge in [0.1, 0.15) is 12.1 Å². The lowest BCUT2D eigenvalue weighted by Gasteiger charge is -2.30. The fourth-order valence-electron chi connectivity index (χ4n) is 2.99. The summed E-state index contributed by atoms with van der Waals surface area (Å²) in [5, 5.41) is 3.41. The predicted octanol–water partition coefficient (Wildman–Crippen LogP) is 0.985. The van der Waals surface area contributed by atoms with Gasteiger partial charge < -0.3 is 15.0 Å². The average Bonchev–Trinajstić information content (AvgIpc) is 2.47. The predicted molar refractivity (Wildman–Crippen MR) is 74.3 cm³/mol. The molecular formula is C14H22N4O. The number of rotatable bonds is 3. The summed E-state index contributed by atoms with van der Waals surface area (Å²) in [5.74, 6) is 1.82. The van der Waals surface area contributed by atoms with Crippen LogP contribution in [-0.4, -0.2) is 43.3 Å². The van der Waals surface area contributed by atoms with Crippen LogP contribution in [-0.2, 0) is 17.7 Å². The Morgan fingerprint density at radius 2 is 2.21 bits per heavy atom. The van der Waals surface area contributed by atoms with Crippen LogP contribution < -0.4 is 10.2 Å². The fraction of sp³-hybridized carbons (Fsp3) is 0.714. The molecule has 1 saturated heterocycles. The van der Waals surface area contributed by atoms with Crippen molar-refractivity contribution in [1.29, 1.82) is 0 Å². The van der Waals surface area contributed by atoms with E-state index in [9.17, 15) is 0 Å². The van der Waals surface area contributed by atoms with Crippen LogP contribution in [0.5, 0.6) is 0 Å². The number of nitrogens with one attached hydrogen (secondary N) is 1. The van der Waals surface area contributed by atoms with E-state index in [0.29, 0.717) is 0 Å². The maximum absolute atomic E-state index is 5.42. The fourth-order valence-corrected chi connectivity index (χ4v) is 2.99. The number of fused-ring (bicyclic) bond motifs is 1. The lowest BCUT2D eigenvalue weighted by Crippen LogP contribution is -2.33. The van der Waals surface area contributed by atoms with Crippen LogP contribution in [0.3, 0.4) is 0 Å². The highest BCUT2D eigenvalue weighted by molar-refractivity contribution is 5.48. The van der Waals surface area contributed by atoms with Crippen molar-refractivity contribution in [1.82, 2.24) is 15.3 Å². The molecule has 5 nitrogen and oxygen atoms in total. The van der Waals surface area contributed by atoms with Crippen LogP contribution in [0.25, 0.3) is 0 Å². The van der Waals surface area contributed by atoms with Crippen LogP contribution in [0.4, 0.5) is 5.82 Å². The van der Waals surface area contributed by atoms with Gasteiger partial charge in [-0.25, -0.2) is 9.97 Å². The zero-order chi connectivity index (χ0) is 13.1. The van der Waals surface area contributed by atoms with Crippen molar-refractivity contribution in [2.75, 3.05) is 38.3 Å². The standard InChI is InChI=1S/C14H22N4O/c1-18(9-11-3-6-19-7-4-11)14-12-8-15-5-2-13(12)16-10-17-14/h10-11,15H,2-9H2,1H3. The van der Waals surface area contributed by atoms with Gasteiger partial charge in [-0.15, -0.1) is 0 Å². The maximum Gasteiger partial charge on any atom is 0.136 e. The van der Waals surface area contributed by atoms with Gasteiger partial charge in [0.25, 0.3) is 0 Å². The Bertz CT molecular complexity index is 431. The lowest BCUT2D eigenvalue weighted by atomic mass is 9.99. The van der Waals surface area contributed by atoms with Crippen LogP contribution in [0.15, 0.2) is 6.33 Å². The summed E-state index contributed by atoms with van der Waals surface area (Å²) in [6.45, 7) is 4.79. The first kappa shape index (κ1) is 12.8. The van der Waals surface area contributed by atoms with E-state index in [2.05, 4.69) is 27.2 Å². The van der Waals surface area contributed by atoms with E-state index >= 15 is 0 Å². The smallest absolute Gasteiger partial charge is 0.136 e. The molecule has 3 heterocycles. The molecule has 0 atom stereocenters. The Hall–Kier alpha value is -1.20. The summed E-state index contributed by atoms with van der Waals surface area (Å²) in [5.41, 5.74) is 2.49. The molecule has 2 aliphatic heterocycles. The van der Waals surface area contributed by atoms with Crippen LogP contribution in [0, 0.1) is 5.92 Å². The number of anilines is 1. The van der Waals surface area contributed by atoms with Gasteiger partial charge in [0, 0.05) is 51.9 Å². The highest BCUT2D eigenvalue weighted by Crippen LogP contribution is 2.24. The first-order valence-electron chi connectivity index (χ1n) is 7.17. The number of nitrogens with zero attached hydrogens (tertiary/aromatic N) is 3. The number of ether oxygens (including phenoxy) is 1. The van der Waals surface area contributed by atoms with Crippen molar-refractivity contribution in [2.45, 2.75) is 25.8 Å². The third-order valence-corrected chi connectivity index (χ3v) is 4.09. The first-order chi connectivity index (χ1) is 9.34. The average molecular weight is 262 g/mol. The highest BCUT2D eigenvalue weighted by Gasteiger charge is 2.21. The molecule has 2 aliphatic rings. The molecule has 0 aromatic carbocycles. The van der Waals surface area contributed by atoms with Crippen molar-refractivity contribution in [3.05, 3.63) is 17.6 Å². The molecule has 0 unspecified atom stereocenters. The number of aromatic nitrogens is 2. The second-order valence-corrected chi connectivity index (χ2v) is 5.49. The Morgan fingerprint density at radius 3 is 3.05 bits per heavy atom. The molecule has 1 aromatic rings. The summed E-state index contributed by atoms with van der Waals surface area (Å²) in [4.78, 5) is 11.2. The van der Waals surface area contributed by atoms with Gasteiger partial charge in [0.05, 0.1) is 5.69 Å². The summed E-state index contributed by atoms with van der Waals surface area (Å²) >= 11 is 0. The SMILES string of the molecule is CN(CC1CCOCC1)c1ncnc2c1CNCC2. The second kappa shape index (κ2) is 5.84. The minimum atomic E-state index is 0.723. The normalized spacial score (nSPS) is 20.1.